The van der Waals surface area contributed by atoms with Crippen LogP contribution in [0.1, 0.15) is 13.8 Å². The topological polar surface area (TPSA) is 98.4 Å². The fraction of sp³-hybridized carbons (Fsp3) is 0.250. The Morgan fingerprint density at radius 1 is 1.00 bits per heavy atom. The number of rotatable bonds is 5. The Morgan fingerprint density at radius 3 is 2.33 bits per heavy atom. The van der Waals surface area contributed by atoms with Crippen molar-refractivity contribution >= 4 is 11.0 Å². The van der Waals surface area contributed by atoms with Gasteiger partial charge < -0.3 is 28.8 Å². The van der Waals surface area contributed by atoms with Crippen molar-refractivity contribution in [3.05, 3.63) is 40.8 Å². The van der Waals surface area contributed by atoms with E-state index in [1.54, 1.807) is 6.07 Å². The molecule has 0 aliphatic carbocycles. The number of hydrogen-bond acceptors (Lipinski definition) is 7. The summed E-state index contributed by atoms with van der Waals surface area (Å²) < 4.78 is 21.8. The molecule has 0 saturated carbocycles. The zero-order valence-electron chi connectivity index (χ0n) is 15.4. The smallest absolute Gasteiger partial charge is 0.204 e. The highest BCUT2D eigenvalue weighted by Crippen LogP contribution is 2.42. The van der Waals surface area contributed by atoms with E-state index in [-0.39, 0.29) is 51.1 Å². The molecule has 0 spiro atoms. The van der Waals surface area contributed by atoms with Crippen molar-refractivity contribution in [2.24, 2.45) is 0 Å². The van der Waals surface area contributed by atoms with Gasteiger partial charge in [-0.05, 0) is 26.0 Å². The Kier molecular flexibility index (Phi) is 4.85. The molecule has 3 aromatic rings. The average Bonchev–Trinajstić information content (AvgIpc) is 2.61. The van der Waals surface area contributed by atoms with Gasteiger partial charge in [0.2, 0.25) is 11.2 Å². The first-order valence-corrected chi connectivity index (χ1v) is 8.26. The van der Waals surface area contributed by atoms with Gasteiger partial charge in [-0.3, -0.25) is 4.79 Å². The molecule has 3 rings (SSSR count). The molecule has 0 radical (unpaired) electrons. The van der Waals surface area contributed by atoms with Crippen molar-refractivity contribution in [1.29, 1.82) is 0 Å². The minimum atomic E-state index is -0.384. The lowest BCUT2D eigenvalue weighted by Gasteiger charge is -2.15. The molecule has 142 valence electrons. The molecule has 0 amide bonds. The lowest BCUT2D eigenvalue weighted by Crippen LogP contribution is -2.10. The van der Waals surface area contributed by atoms with Crippen molar-refractivity contribution in [3.8, 4) is 39.9 Å². The summed E-state index contributed by atoms with van der Waals surface area (Å²) in [6.45, 7) is 3.68. The fourth-order valence-electron chi connectivity index (χ4n) is 2.88. The van der Waals surface area contributed by atoms with Gasteiger partial charge in [0.05, 0.1) is 25.9 Å². The van der Waals surface area contributed by atoms with Gasteiger partial charge in [0.15, 0.2) is 11.5 Å². The van der Waals surface area contributed by atoms with Crippen LogP contribution in [-0.4, -0.2) is 30.5 Å². The van der Waals surface area contributed by atoms with Crippen LogP contribution in [0.5, 0.6) is 28.7 Å². The molecule has 0 saturated heterocycles. The Bertz CT molecular complexity index is 1050. The maximum Gasteiger partial charge on any atom is 0.204 e. The maximum absolute atomic E-state index is 13.2. The average molecular weight is 372 g/mol. The Balaban J connectivity index is 2.34. The van der Waals surface area contributed by atoms with Gasteiger partial charge in [-0.25, -0.2) is 0 Å². The SMILES string of the molecule is COc1c(O)cc2occ(-c3ccc(O)cc3OC(C)C)c(=O)c2c1OC. The van der Waals surface area contributed by atoms with Crippen molar-refractivity contribution in [2.45, 2.75) is 20.0 Å². The van der Waals surface area contributed by atoms with Crippen LogP contribution < -0.4 is 19.6 Å². The van der Waals surface area contributed by atoms with Gasteiger partial charge in [0.25, 0.3) is 0 Å². The number of hydrogen-bond donors (Lipinski definition) is 2. The van der Waals surface area contributed by atoms with Crippen molar-refractivity contribution in [3.63, 3.8) is 0 Å². The van der Waals surface area contributed by atoms with Crippen molar-refractivity contribution in [1.82, 2.24) is 0 Å². The van der Waals surface area contributed by atoms with E-state index in [2.05, 4.69) is 0 Å². The summed E-state index contributed by atoms with van der Waals surface area (Å²) >= 11 is 0. The number of phenolic OH excluding ortho intramolecular Hbond substituents is 2. The van der Waals surface area contributed by atoms with E-state index in [9.17, 15) is 15.0 Å². The predicted molar refractivity (Wildman–Crippen MR) is 100 cm³/mol. The van der Waals surface area contributed by atoms with Crippen LogP contribution in [0.3, 0.4) is 0 Å². The molecule has 2 N–H and O–H groups in total. The Labute approximate surface area is 155 Å². The standard InChI is InChI=1S/C20H20O7/c1-10(2)27-15-7-11(21)5-6-12(15)13-9-26-16-8-14(22)19(24-3)20(25-4)17(16)18(13)23/h5-10,21-22H,1-4H3. The monoisotopic (exact) mass is 372 g/mol. The zero-order chi connectivity index (χ0) is 19.7. The van der Waals surface area contributed by atoms with E-state index >= 15 is 0 Å². The maximum atomic E-state index is 13.2. The van der Waals surface area contributed by atoms with Crippen LogP contribution in [0, 0.1) is 0 Å². The zero-order valence-corrected chi connectivity index (χ0v) is 15.4. The third kappa shape index (κ3) is 3.23. The van der Waals surface area contributed by atoms with Crippen LogP contribution >= 0.6 is 0 Å². The number of aromatic hydroxyl groups is 2. The van der Waals surface area contributed by atoms with Gasteiger partial charge in [-0.15, -0.1) is 0 Å². The first-order valence-electron chi connectivity index (χ1n) is 8.26. The number of methoxy groups -OCH3 is 2. The molecule has 2 aromatic carbocycles. The lowest BCUT2D eigenvalue weighted by molar-refractivity contribution is 0.242. The van der Waals surface area contributed by atoms with E-state index in [1.165, 1.54) is 38.7 Å². The van der Waals surface area contributed by atoms with Gasteiger partial charge >= 0.3 is 0 Å². The van der Waals surface area contributed by atoms with E-state index < -0.39 is 0 Å². The Morgan fingerprint density at radius 2 is 1.70 bits per heavy atom. The molecule has 0 aliphatic heterocycles. The Hall–Kier alpha value is -3.35. The molecule has 0 aliphatic rings. The van der Waals surface area contributed by atoms with Crippen LogP contribution in [-0.2, 0) is 0 Å². The van der Waals surface area contributed by atoms with Crippen LogP contribution in [0.4, 0.5) is 0 Å². The molecular weight excluding hydrogens is 352 g/mol. The summed E-state index contributed by atoms with van der Waals surface area (Å²) in [5.74, 6) is 0.281. The minimum Gasteiger partial charge on any atom is -0.508 e. The molecular formula is C20H20O7. The second kappa shape index (κ2) is 7.11. The number of phenols is 2. The predicted octanol–water partition coefficient (Wildman–Crippen LogP) is 3.68. The molecule has 7 heteroatoms. The van der Waals surface area contributed by atoms with Crippen LogP contribution in [0.25, 0.3) is 22.1 Å². The van der Waals surface area contributed by atoms with Crippen LogP contribution in [0.15, 0.2) is 39.7 Å². The van der Waals surface area contributed by atoms with Gasteiger partial charge in [0.1, 0.15) is 28.7 Å². The lowest BCUT2D eigenvalue weighted by atomic mass is 10.0. The highest BCUT2D eigenvalue weighted by atomic mass is 16.5. The van der Waals surface area contributed by atoms with Gasteiger partial charge in [0, 0.05) is 17.7 Å². The summed E-state index contributed by atoms with van der Waals surface area (Å²) in [7, 11) is 2.74. The fourth-order valence-corrected chi connectivity index (χ4v) is 2.88. The normalized spacial score (nSPS) is 11.0. The number of benzene rings is 2. The quantitative estimate of drug-likeness (QED) is 0.705. The summed E-state index contributed by atoms with van der Waals surface area (Å²) in [6, 6.07) is 5.77. The molecule has 0 unspecified atom stereocenters. The minimum absolute atomic E-state index is 0.0174. The number of fused-ring (bicyclic) bond motifs is 1. The summed E-state index contributed by atoms with van der Waals surface area (Å²) in [4.78, 5) is 13.2. The molecule has 7 nitrogen and oxygen atoms in total. The van der Waals surface area contributed by atoms with E-state index in [1.807, 2.05) is 13.8 Å². The van der Waals surface area contributed by atoms with Crippen molar-refractivity contribution < 1.29 is 28.8 Å². The van der Waals surface area contributed by atoms with E-state index in [0.29, 0.717) is 11.3 Å². The summed E-state index contributed by atoms with van der Waals surface area (Å²) in [6.07, 6.45) is 1.12. The summed E-state index contributed by atoms with van der Waals surface area (Å²) in [5, 5.41) is 20.0. The molecule has 0 atom stereocenters. The van der Waals surface area contributed by atoms with Crippen molar-refractivity contribution in [2.75, 3.05) is 14.2 Å². The largest absolute Gasteiger partial charge is 0.508 e. The van der Waals surface area contributed by atoms with E-state index in [0.717, 1.165) is 0 Å². The number of ether oxygens (including phenoxy) is 3. The molecule has 0 bridgehead atoms. The van der Waals surface area contributed by atoms with E-state index in [4.69, 9.17) is 18.6 Å². The van der Waals surface area contributed by atoms with Gasteiger partial charge in [-0.1, -0.05) is 0 Å². The first-order chi connectivity index (χ1) is 12.9. The molecule has 1 heterocycles. The second-order valence-electron chi connectivity index (χ2n) is 6.16. The highest BCUT2D eigenvalue weighted by molar-refractivity contribution is 5.92. The third-order valence-electron chi connectivity index (χ3n) is 3.98. The molecule has 1 aromatic heterocycles. The first kappa shape index (κ1) is 18.4. The van der Waals surface area contributed by atoms with Crippen LogP contribution in [0.2, 0.25) is 0 Å². The molecule has 27 heavy (non-hydrogen) atoms. The molecule has 0 fully saturated rings. The summed E-state index contributed by atoms with van der Waals surface area (Å²) in [5.41, 5.74) is 0.463. The second-order valence-corrected chi connectivity index (χ2v) is 6.16. The van der Waals surface area contributed by atoms with Gasteiger partial charge in [-0.2, -0.15) is 0 Å². The third-order valence-corrected chi connectivity index (χ3v) is 3.98. The highest BCUT2D eigenvalue weighted by Gasteiger charge is 2.22.